The molecule has 0 aromatic heterocycles. The molecule has 0 heterocycles. The summed E-state index contributed by atoms with van der Waals surface area (Å²) >= 11 is 0. The lowest BCUT2D eigenvalue weighted by Gasteiger charge is -2.27. The average Bonchev–Trinajstić information content (AvgIpc) is 2.87. The van der Waals surface area contributed by atoms with Crippen LogP contribution in [0.25, 0.3) is 11.1 Å². The van der Waals surface area contributed by atoms with Crippen LogP contribution in [-0.2, 0) is 5.60 Å². The summed E-state index contributed by atoms with van der Waals surface area (Å²) in [7, 11) is 0. The van der Waals surface area contributed by atoms with Crippen LogP contribution in [0.3, 0.4) is 0 Å². The molecule has 0 radical (unpaired) electrons. The monoisotopic (exact) mass is 330 g/mol. The standard InChI is InChI=1S/C19H10F4O/c20-15-9-14(16(21)18(23)17(15)22)19(24)12-7-3-1-5-10(12)11-6-2-4-8-13(11)19/h1-9,24H. The fourth-order valence-electron chi connectivity index (χ4n) is 3.34. The number of hydrogen-bond acceptors (Lipinski definition) is 1. The third kappa shape index (κ3) is 1.73. The van der Waals surface area contributed by atoms with Crippen LogP contribution < -0.4 is 0 Å². The van der Waals surface area contributed by atoms with Crippen LogP contribution in [0.5, 0.6) is 0 Å². The van der Waals surface area contributed by atoms with Crippen LogP contribution in [-0.4, -0.2) is 5.11 Å². The van der Waals surface area contributed by atoms with Crippen LogP contribution in [0.1, 0.15) is 16.7 Å². The van der Waals surface area contributed by atoms with E-state index >= 15 is 0 Å². The molecule has 0 unspecified atom stereocenters. The molecule has 4 rings (SSSR count). The van der Waals surface area contributed by atoms with E-state index in [2.05, 4.69) is 0 Å². The van der Waals surface area contributed by atoms with Gasteiger partial charge < -0.3 is 5.11 Å². The van der Waals surface area contributed by atoms with Crippen molar-refractivity contribution < 1.29 is 22.7 Å². The van der Waals surface area contributed by atoms with Gasteiger partial charge in [0.1, 0.15) is 5.60 Å². The second-order valence-electron chi connectivity index (χ2n) is 5.65. The summed E-state index contributed by atoms with van der Waals surface area (Å²) in [5.41, 5.74) is -0.935. The van der Waals surface area contributed by atoms with E-state index in [-0.39, 0.29) is 11.1 Å². The molecule has 5 heteroatoms. The minimum absolute atomic E-state index is 0.288. The molecule has 0 bridgehead atoms. The molecule has 120 valence electrons. The van der Waals surface area contributed by atoms with E-state index in [1.807, 2.05) is 0 Å². The maximum atomic E-state index is 14.4. The van der Waals surface area contributed by atoms with Gasteiger partial charge >= 0.3 is 0 Å². The second-order valence-corrected chi connectivity index (χ2v) is 5.65. The number of hydrogen-bond donors (Lipinski definition) is 1. The summed E-state index contributed by atoms with van der Waals surface area (Å²) in [5, 5.41) is 11.3. The molecule has 0 aliphatic heterocycles. The summed E-state index contributed by atoms with van der Waals surface area (Å²) in [6.07, 6.45) is 0. The first-order chi connectivity index (χ1) is 11.5. The highest BCUT2D eigenvalue weighted by atomic mass is 19.2. The number of rotatable bonds is 1. The SMILES string of the molecule is OC1(c2cc(F)c(F)c(F)c2F)c2ccccc2-c2ccccc21. The predicted octanol–water partition coefficient (Wildman–Crippen LogP) is 4.51. The molecular formula is C19H10F4O. The zero-order valence-corrected chi connectivity index (χ0v) is 12.2. The van der Waals surface area contributed by atoms with Gasteiger partial charge in [0.2, 0.25) is 0 Å². The van der Waals surface area contributed by atoms with Crippen molar-refractivity contribution in [2.75, 3.05) is 0 Å². The topological polar surface area (TPSA) is 20.2 Å². The Morgan fingerprint density at radius 3 is 1.67 bits per heavy atom. The maximum Gasteiger partial charge on any atom is 0.197 e. The van der Waals surface area contributed by atoms with E-state index < -0.39 is 34.4 Å². The Morgan fingerprint density at radius 2 is 1.12 bits per heavy atom. The Kier molecular flexibility index (Phi) is 3.05. The maximum absolute atomic E-state index is 14.4. The van der Waals surface area contributed by atoms with Gasteiger partial charge in [0.05, 0.1) is 0 Å². The van der Waals surface area contributed by atoms with Gasteiger partial charge in [0.25, 0.3) is 0 Å². The summed E-state index contributed by atoms with van der Waals surface area (Å²) in [6, 6.07) is 13.8. The number of benzene rings is 3. The van der Waals surface area contributed by atoms with Crippen molar-refractivity contribution in [3.05, 3.63) is 94.6 Å². The van der Waals surface area contributed by atoms with Crippen molar-refractivity contribution in [2.45, 2.75) is 5.60 Å². The van der Waals surface area contributed by atoms with Crippen LogP contribution in [0.2, 0.25) is 0 Å². The van der Waals surface area contributed by atoms with E-state index in [9.17, 15) is 22.7 Å². The number of halogens is 4. The van der Waals surface area contributed by atoms with Crippen molar-refractivity contribution in [1.82, 2.24) is 0 Å². The van der Waals surface area contributed by atoms with Crippen LogP contribution in [0.15, 0.2) is 54.6 Å². The minimum atomic E-state index is -2.10. The van der Waals surface area contributed by atoms with E-state index in [0.717, 1.165) is 0 Å². The molecule has 0 fully saturated rings. The molecule has 0 saturated heterocycles. The molecule has 1 aliphatic carbocycles. The van der Waals surface area contributed by atoms with E-state index in [1.54, 1.807) is 48.5 Å². The van der Waals surface area contributed by atoms with Gasteiger partial charge in [-0.05, 0) is 17.2 Å². The number of fused-ring (bicyclic) bond motifs is 3. The first kappa shape index (κ1) is 14.9. The van der Waals surface area contributed by atoms with Crippen molar-refractivity contribution in [3.63, 3.8) is 0 Å². The molecule has 24 heavy (non-hydrogen) atoms. The zero-order chi connectivity index (χ0) is 17.1. The Labute approximate surface area is 134 Å². The van der Waals surface area contributed by atoms with Crippen molar-refractivity contribution in [3.8, 4) is 11.1 Å². The lowest BCUT2D eigenvalue weighted by Crippen LogP contribution is -2.28. The van der Waals surface area contributed by atoms with Gasteiger partial charge in [-0.2, -0.15) is 0 Å². The minimum Gasteiger partial charge on any atom is -0.376 e. The van der Waals surface area contributed by atoms with Crippen LogP contribution >= 0.6 is 0 Å². The largest absolute Gasteiger partial charge is 0.376 e. The van der Waals surface area contributed by atoms with Crippen molar-refractivity contribution in [1.29, 1.82) is 0 Å². The highest BCUT2D eigenvalue weighted by Crippen LogP contribution is 2.51. The van der Waals surface area contributed by atoms with Gasteiger partial charge in [-0.15, -0.1) is 0 Å². The van der Waals surface area contributed by atoms with E-state index in [1.165, 1.54) is 0 Å². The fraction of sp³-hybridized carbons (Fsp3) is 0.0526. The zero-order valence-electron chi connectivity index (χ0n) is 12.2. The summed E-state index contributed by atoms with van der Waals surface area (Å²) in [4.78, 5) is 0. The third-order valence-corrected chi connectivity index (χ3v) is 4.42. The molecular weight excluding hydrogens is 320 g/mol. The lowest BCUT2D eigenvalue weighted by atomic mass is 9.84. The lowest BCUT2D eigenvalue weighted by molar-refractivity contribution is 0.124. The normalized spacial score (nSPS) is 14.4. The first-order valence-corrected chi connectivity index (χ1v) is 7.21. The van der Waals surface area contributed by atoms with Gasteiger partial charge in [-0.25, -0.2) is 17.6 Å². The van der Waals surface area contributed by atoms with Crippen LogP contribution in [0.4, 0.5) is 17.6 Å². The van der Waals surface area contributed by atoms with Crippen molar-refractivity contribution in [2.24, 2.45) is 0 Å². The highest BCUT2D eigenvalue weighted by Gasteiger charge is 2.45. The Morgan fingerprint density at radius 1 is 0.625 bits per heavy atom. The van der Waals surface area contributed by atoms with E-state index in [4.69, 9.17) is 0 Å². The second kappa shape index (κ2) is 4.92. The summed E-state index contributed by atoms with van der Waals surface area (Å²) in [5.74, 6) is -7.01. The molecule has 0 atom stereocenters. The Bertz CT molecular complexity index is 936. The van der Waals surface area contributed by atoms with Gasteiger partial charge in [0, 0.05) is 16.7 Å². The quantitative estimate of drug-likeness (QED) is 0.395. The van der Waals surface area contributed by atoms with Crippen LogP contribution in [0, 0.1) is 23.3 Å². The predicted molar refractivity (Wildman–Crippen MR) is 80.3 cm³/mol. The molecule has 1 N–H and O–H groups in total. The van der Waals surface area contributed by atoms with Gasteiger partial charge in [0.15, 0.2) is 23.3 Å². The van der Waals surface area contributed by atoms with Gasteiger partial charge in [-0.1, -0.05) is 48.5 Å². The first-order valence-electron chi connectivity index (χ1n) is 7.21. The summed E-state index contributed by atoms with van der Waals surface area (Å²) in [6.45, 7) is 0. The number of aliphatic hydroxyl groups is 1. The molecule has 1 nitrogen and oxygen atoms in total. The molecule has 1 aliphatic rings. The average molecular weight is 330 g/mol. The molecule has 3 aromatic rings. The molecule has 3 aromatic carbocycles. The Hall–Kier alpha value is -2.66. The molecule has 0 saturated carbocycles. The fourth-order valence-corrected chi connectivity index (χ4v) is 3.34. The summed E-state index contributed by atoms with van der Waals surface area (Å²) < 4.78 is 55.1. The smallest absolute Gasteiger partial charge is 0.197 e. The van der Waals surface area contributed by atoms with Gasteiger partial charge in [-0.3, -0.25) is 0 Å². The molecule has 0 spiro atoms. The van der Waals surface area contributed by atoms with E-state index in [0.29, 0.717) is 17.2 Å². The third-order valence-electron chi connectivity index (χ3n) is 4.42. The van der Waals surface area contributed by atoms with Crippen molar-refractivity contribution >= 4 is 0 Å². The highest BCUT2D eigenvalue weighted by molar-refractivity contribution is 5.82. The Balaban J connectivity index is 2.12. The molecule has 0 amide bonds.